The van der Waals surface area contributed by atoms with Gasteiger partial charge < -0.3 is 19.5 Å². The molecule has 1 aromatic carbocycles. The van der Waals surface area contributed by atoms with Gasteiger partial charge in [0.2, 0.25) is 5.88 Å². The van der Waals surface area contributed by atoms with E-state index in [1.54, 1.807) is 0 Å². The number of carbonyl (C=O) groups is 1. The largest absolute Gasteiger partial charge is 0.488 e. The average molecular weight is 455 g/mol. The van der Waals surface area contributed by atoms with Gasteiger partial charge in [0.15, 0.2) is 23.1 Å². The highest BCUT2D eigenvalue weighted by Gasteiger charge is 2.41. The predicted molar refractivity (Wildman–Crippen MR) is 102 cm³/mol. The lowest BCUT2D eigenvalue weighted by atomic mass is 10.2. The Bertz CT molecular complexity index is 1090. The van der Waals surface area contributed by atoms with Gasteiger partial charge in [-0.15, -0.1) is 10.2 Å². The minimum absolute atomic E-state index is 0.0725. The van der Waals surface area contributed by atoms with Crippen LogP contribution in [0.15, 0.2) is 36.5 Å². The van der Waals surface area contributed by atoms with Gasteiger partial charge in [0.1, 0.15) is 6.61 Å². The molecule has 1 amide bonds. The maximum atomic E-state index is 14.1. The molecule has 2 aromatic heterocycles. The SMILES string of the molecule is COCCOc1ccc(NC(=O)c2cnn(-c3ccc(OC)nn3)c2C(F)(F)F)cc1F. The summed E-state index contributed by atoms with van der Waals surface area (Å²) in [5.74, 6) is -2.23. The van der Waals surface area contributed by atoms with E-state index in [0.717, 1.165) is 12.3 Å². The predicted octanol–water partition coefficient (Wildman–Crippen LogP) is 3.11. The van der Waals surface area contributed by atoms with Crippen LogP contribution < -0.4 is 14.8 Å². The maximum Gasteiger partial charge on any atom is 0.434 e. The standard InChI is InChI=1S/C19H17F4N5O4/c1-30-7-8-32-14-4-3-11(9-13(14)20)25-18(29)12-10-24-28(17(12)19(21,22)23)15-5-6-16(31-2)27-26-15/h3-6,9-10H,7-8H2,1-2H3,(H,25,29). The second-order valence-corrected chi connectivity index (χ2v) is 6.19. The van der Waals surface area contributed by atoms with Crippen molar-refractivity contribution < 1.29 is 36.6 Å². The fourth-order valence-corrected chi connectivity index (χ4v) is 2.62. The van der Waals surface area contributed by atoms with Crippen molar-refractivity contribution in [2.75, 3.05) is 32.8 Å². The van der Waals surface area contributed by atoms with E-state index >= 15 is 0 Å². The second kappa shape index (κ2) is 9.60. The molecule has 32 heavy (non-hydrogen) atoms. The number of hydrogen-bond acceptors (Lipinski definition) is 7. The number of carbonyl (C=O) groups excluding carboxylic acids is 1. The van der Waals surface area contributed by atoms with Gasteiger partial charge in [-0.25, -0.2) is 9.07 Å². The summed E-state index contributed by atoms with van der Waals surface area (Å²) in [6.45, 7) is 0.336. The number of ether oxygens (including phenoxy) is 3. The summed E-state index contributed by atoms with van der Waals surface area (Å²) in [6, 6.07) is 5.94. The summed E-state index contributed by atoms with van der Waals surface area (Å²) in [7, 11) is 2.78. The maximum absolute atomic E-state index is 14.1. The van der Waals surface area contributed by atoms with E-state index in [1.165, 1.54) is 38.5 Å². The number of aromatic nitrogens is 4. The van der Waals surface area contributed by atoms with Crippen LogP contribution in [0.1, 0.15) is 16.1 Å². The molecule has 0 radical (unpaired) electrons. The third-order valence-corrected chi connectivity index (χ3v) is 4.07. The minimum atomic E-state index is -4.95. The molecule has 170 valence electrons. The molecule has 13 heteroatoms. The van der Waals surface area contributed by atoms with Crippen LogP contribution in [-0.2, 0) is 10.9 Å². The van der Waals surface area contributed by atoms with Crippen LogP contribution >= 0.6 is 0 Å². The molecule has 0 bridgehead atoms. The Kier molecular flexibility index (Phi) is 6.88. The van der Waals surface area contributed by atoms with Crippen LogP contribution in [0.25, 0.3) is 5.82 Å². The molecule has 0 fully saturated rings. The molecule has 0 unspecified atom stereocenters. The molecule has 0 spiro atoms. The van der Waals surface area contributed by atoms with Crippen molar-refractivity contribution in [3.8, 4) is 17.4 Å². The molecule has 0 saturated heterocycles. The van der Waals surface area contributed by atoms with Gasteiger partial charge in [0.05, 0.1) is 25.5 Å². The van der Waals surface area contributed by atoms with Crippen molar-refractivity contribution in [2.45, 2.75) is 6.18 Å². The third-order valence-electron chi connectivity index (χ3n) is 4.07. The summed E-state index contributed by atoms with van der Waals surface area (Å²) >= 11 is 0. The van der Waals surface area contributed by atoms with E-state index < -0.39 is 29.2 Å². The van der Waals surface area contributed by atoms with Crippen LogP contribution in [-0.4, -0.2) is 53.3 Å². The van der Waals surface area contributed by atoms with E-state index in [9.17, 15) is 22.4 Å². The number of rotatable bonds is 8. The fourth-order valence-electron chi connectivity index (χ4n) is 2.62. The zero-order valence-electron chi connectivity index (χ0n) is 16.8. The van der Waals surface area contributed by atoms with Crippen molar-refractivity contribution in [2.24, 2.45) is 0 Å². The number of methoxy groups -OCH3 is 2. The zero-order valence-corrected chi connectivity index (χ0v) is 16.8. The fraction of sp³-hybridized carbons (Fsp3) is 0.263. The summed E-state index contributed by atoms with van der Waals surface area (Å²) in [4.78, 5) is 12.5. The first-order valence-electron chi connectivity index (χ1n) is 9.00. The summed E-state index contributed by atoms with van der Waals surface area (Å²) in [5.41, 5.74) is -2.22. The Morgan fingerprint density at radius 3 is 2.50 bits per heavy atom. The molecule has 0 saturated carbocycles. The molecule has 2 heterocycles. The van der Waals surface area contributed by atoms with E-state index in [2.05, 4.69) is 20.6 Å². The Morgan fingerprint density at radius 1 is 1.12 bits per heavy atom. The monoisotopic (exact) mass is 455 g/mol. The normalized spacial score (nSPS) is 11.3. The highest BCUT2D eigenvalue weighted by Crippen LogP contribution is 2.34. The first kappa shape index (κ1) is 22.9. The first-order chi connectivity index (χ1) is 15.2. The van der Waals surface area contributed by atoms with Crippen molar-refractivity contribution in [3.63, 3.8) is 0 Å². The Morgan fingerprint density at radius 2 is 1.91 bits per heavy atom. The number of amides is 1. The summed E-state index contributed by atoms with van der Waals surface area (Å²) in [6.07, 6.45) is -4.21. The lowest BCUT2D eigenvalue weighted by Gasteiger charge is -2.12. The lowest BCUT2D eigenvalue weighted by molar-refractivity contribution is -0.143. The van der Waals surface area contributed by atoms with Gasteiger partial charge in [-0.3, -0.25) is 4.79 Å². The molecular formula is C19H17F4N5O4. The van der Waals surface area contributed by atoms with Crippen molar-refractivity contribution >= 4 is 11.6 Å². The zero-order chi connectivity index (χ0) is 23.3. The highest BCUT2D eigenvalue weighted by molar-refractivity contribution is 6.05. The molecule has 0 atom stereocenters. The van der Waals surface area contributed by atoms with E-state index in [4.69, 9.17) is 14.2 Å². The topological polar surface area (TPSA) is 100 Å². The molecule has 0 aliphatic carbocycles. The van der Waals surface area contributed by atoms with Crippen molar-refractivity contribution in [1.29, 1.82) is 0 Å². The molecule has 9 nitrogen and oxygen atoms in total. The smallest absolute Gasteiger partial charge is 0.434 e. The highest BCUT2D eigenvalue weighted by atomic mass is 19.4. The van der Waals surface area contributed by atoms with E-state index in [-0.39, 0.29) is 36.3 Å². The second-order valence-electron chi connectivity index (χ2n) is 6.19. The van der Waals surface area contributed by atoms with E-state index in [0.29, 0.717) is 4.68 Å². The minimum Gasteiger partial charge on any atom is -0.488 e. The van der Waals surface area contributed by atoms with Crippen molar-refractivity contribution in [1.82, 2.24) is 20.0 Å². The first-order valence-corrected chi connectivity index (χ1v) is 9.00. The summed E-state index contributed by atoms with van der Waals surface area (Å²) < 4.78 is 70.6. The van der Waals surface area contributed by atoms with Crippen molar-refractivity contribution in [3.05, 3.63) is 53.6 Å². The van der Waals surface area contributed by atoms with Gasteiger partial charge in [0.25, 0.3) is 5.91 Å². The van der Waals surface area contributed by atoms with Crippen LogP contribution in [0.3, 0.4) is 0 Å². The molecule has 0 aliphatic heterocycles. The van der Waals surface area contributed by atoms with Crippen LogP contribution in [0.4, 0.5) is 23.2 Å². The molecule has 0 aliphatic rings. The van der Waals surface area contributed by atoms with E-state index in [1.807, 2.05) is 0 Å². The number of alkyl halides is 3. The van der Waals surface area contributed by atoms with Crippen LogP contribution in [0.2, 0.25) is 0 Å². The number of nitrogens with one attached hydrogen (secondary N) is 1. The number of hydrogen-bond donors (Lipinski definition) is 1. The molecular weight excluding hydrogens is 438 g/mol. The number of halogens is 4. The van der Waals surface area contributed by atoms with Crippen LogP contribution in [0.5, 0.6) is 11.6 Å². The van der Waals surface area contributed by atoms with Gasteiger partial charge in [-0.1, -0.05) is 0 Å². The number of nitrogens with zero attached hydrogens (tertiary/aromatic N) is 4. The Balaban J connectivity index is 1.86. The number of benzene rings is 1. The third kappa shape index (κ3) is 5.11. The van der Waals surface area contributed by atoms with Gasteiger partial charge in [-0.2, -0.15) is 18.3 Å². The van der Waals surface area contributed by atoms with Gasteiger partial charge in [0, 0.05) is 24.9 Å². The van der Waals surface area contributed by atoms with Gasteiger partial charge in [-0.05, 0) is 18.2 Å². The van der Waals surface area contributed by atoms with Gasteiger partial charge >= 0.3 is 6.18 Å². The molecule has 1 N–H and O–H groups in total. The summed E-state index contributed by atoms with van der Waals surface area (Å²) in [5, 5.41) is 13.1. The van der Waals surface area contributed by atoms with Crippen LogP contribution in [0, 0.1) is 5.82 Å². The molecule has 3 rings (SSSR count). The lowest BCUT2D eigenvalue weighted by Crippen LogP contribution is -2.21. The molecule has 3 aromatic rings. The Hall–Kier alpha value is -3.74. The Labute approximate surface area is 178 Å². The average Bonchev–Trinajstić information content (AvgIpc) is 3.21. The quantitative estimate of drug-likeness (QED) is 0.412. The number of anilines is 1.